The van der Waals surface area contributed by atoms with Gasteiger partial charge in [-0.2, -0.15) is 0 Å². The minimum atomic E-state index is -0.997. The van der Waals surface area contributed by atoms with E-state index in [-0.39, 0.29) is 5.69 Å². The largest absolute Gasteiger partial charge is 0.476 e. The first-order valence-electron chi connectivity index (χ1n) is 6.58. The normalized spacial score (nSPS) is 12.2. The van der Waals surface area contributed by atoms with Gasteiger partial charge in [-0.3, -0.25) is 0 Å². The van der Waals surface area contributed by atoms with Crippen LogP contribution in [0, 0.1) is 0 Å². The van der Waals surface area contributed by atoms with Crippen LogP contribution in [0.3, 0.4) is 0 Å². The molecule has 22 heavy (non-hydrogen) atoms. The summed E-state index contributed by atoms with van der Waals surface area (Å²) >= 11 is 3.06. The fraction of sp³-hybridized carbons (Fsp3) is 0. The molecule has 4 nitrogen and oxygen atoms in total. The minimum Gasteiger partial charge on any atom is -0.476 e. The number of hydrogen-bond acceptors (Lipinski definition) is 5. The van der Waals surface area contributed by atoms with Gasteiger partial charge in [0.15, 0.2) is 5.69 Å². The van der Waals surface area contributed by atoms with Crippen LogP contribution in [0.4, 0.5) is 11.4 Å². The van der Waals surface area contributed by atoms with Crippen molar-refractivity contribution >= 4 is 40.4 Å². The van der Waals surface area contributed by atoms with Crippen molar-refractivity contribution in [3.05, 3.63) is 53.5 Å². The molecule has 0 spiro atoms. The number of aromatic nitrogens is 1. The third-order valence-corrected chi connectivity index (χ3v) is 5.37. The van der Waals surface area contributed by atoms with E-state index in [9.17, 15) is 4.79 Å². The van der Waals surface area contributed by atoms with Gasteiger partial charge in [0.2, 0.25) is 0 Å². The minimum absolute atomic E-state index is 0.0883. The molecule has 108 valence electrons. The number of fused-ring (bicyclic) bond motifs is 2. The molecule has 0 saturated heterocycles. The fourth-order valence-corrected chi connectivity index (χ4v) is 4.04. The molecule has 2 heterocycles. The molecule has 2 N–H and O–H groups in total. The number of nitrogens with zero attached hydrogens (tertiary/aromatic N) is 1. The van der Waals surface area contributed by atoms with Crippen LogP contribution in [0.25, 0.3) is 10.6 Å². The molecule has 1 aromatic heterocycles. The van der Waals surface area contributed by atoms with Crippen molar-refractivity contribution < 1.29 is 9.90 Å². The molecule has 0 atom stereocenters. The van der Waals surface area contributed by atoms with Gasteiger partial charge < -0.3 is 10.4 Å². The highest BCUT2D eigenvalue weighted by Gasteiger charge is 2.17. The number of carboxylic acid groups (broad SMARTS) is 1. The summed E-state index contributed by atoms with van der Waals surface area (Å²) in [6, 6.07) is 14.2. The number of anilines is 2. The van der Waals surface area contributed by atoms with Crippen LogP contribution in [-0.2, 0) is 0 Å². The lowest BCUT2D eigenvalue weighted by atomic mass is 10.2. The summed E-state index contributed by atoms with van der Waals surface area (Å²) in [6.07, 6.45) is 0. The first kappa shape index (κ1) is 13.4. The average molecular weight is 326 g/mol. The maximum absolute atomic E-state index is 10.9. The standard InChI is InChI=1S/C16H10N2O2S2/c19-16(20)12-8-21-15(18-12)9-5-6-14-11(7-9)17-10-3-1-2-4-13(10)22-14/h1-8,17H,(H,19,20). The van der Waals surface area contributed by atoms with E-state index in [1.54, 1.807) is 17.1 Å². The molecule has 6 heteroatoms. The van der Waals surface area contributed by atoms with Gasteiger partial charge in [-0.15, -0.1) is 11.3 Å². The summed E-state index contributed by atoms with van der Waals surface area (Å²) in [5.41, 5.74) is 3.12. The van der Waals surface area contributed by atoms with E-state index in [2.05, 4.69) is 16.4 Å². The Morgan fingerprint density at radius 3 is 2.73 bits per heavy atom. The Labute approximate surface area is 134 Å². The number of rotatable bonds is 2. The Kier molecular flexibility index (Phi) is 3.13. The van der Waals surface area contributed by atoms with Crippen molar-refractivity contribution in [2.45, 2.75) is 9.79 Å². The second-order valence-corrected chi connectivity index (χ2v) is 6.72. The molecule has 1 aliphatic rings. The fourth-order valence-electron chi connectivity index (χ4n) is 2.28. The first-order valence-corrected chi connectivity index (χ1v) is 8.27. The third-order valence-electron chi connectivity index (χ3n) is 3.33. The summed E-state index contributed by atoms with van der Waals surface area (Å²) in [4.78, 5) is 17.5. The van der Waals surface area contributed by atoms with Crippen LogP contribution in [0.5, 0.6) is 0 Å². The van der Waals surface area contributed by atoms with E-state index in [1.807, 2.05) is 36.4 Å². The molecule has 0 amide bonds. The van der Waals surface area contributed by atoms with E-state index < -0.39 is 5.97 Å². The zero-order valence-corrected chi connectivity index (χ0v) is 12.9. The lowest BCUT2D eigenvalue weighted by Gasteiger charge is -2.20. The highest BCUT2D eigenvalue weighted by Crippen LogP contribution is 2.45. The van der Waals surface area contributed by atoms with Crippen molar-refractivity contribution in [1.82, 2.24) is 4.98 Å². The van der Waals surface area contributed by atoms with Crippen molar-refractivity contribution in [2.24, 2.45) is 0 Å². The molecular formula is C16H10N2O2S2. The van der Waals surface area contributed by atoms with Gasteiger partial charge >= 0.3 is 5.97 Å². The Balaban J connectivity index is 1.72. The number of para-hydroxylation sites is 1. The van der Waals surface area contributed by atoms with Gasteiger partial charge in [-0.05, 0) is 24.3 Å². The Hall–Kier alpha value is -2.31. The lowest BCUT2D eigenvalue weighted by molar-refractivity contribution is 0.0691. The summed E-state index contributed by atoms with van der Waals surface area (Å²) in [7, 11) is 0. The van der Waals surface area contributed by atoms with E-state index in [4.69, 9.17) is 5.11 Å². The summed E-state index contributed by atoms with van der Waals surface area (Å²) in [5, 5.41) is 14.7. The summed E-state index contributed by atoms with van der Waals surface area (Å²) in [6.45, 7) is 0. The molecular weight excluding hydrogens is 316 g/mol. The molecule has 2 aromatic carbocycles. The molecule has 0 aliphatic carbocycles. The number of carbonyl (C=O) groups is 1. The average Bonchev–Trinajstić information content (AvgIpc) is 3.02. The van der Waals surface area contributed by atoms with Crippen LogP contribution >= 0.6 is 23.1 Å². The molecule has 4 rings (SSSR count). The maximum Gasteiger partial charge on any atom is 0.355 e. The zero-order chi connectivity index (χ0) is 15.1. The van der Waals surface area contributed by atoms with Crippen LogP contribution in [-0.4, -0.2) is 16.1 Å². The Bertz CT molecular complexity index is 889. The van der Waals surface area contributed by atoms with Crippen LogP contribution in [0.1, 0.15) is 10.5 Å². The van der Waals surface area contributed by atoms with Crippen LogP contribution < -0.4 is 5.32 Å². The Morgan fingerprint density at radius 2 is 1.91 bits per heavy atom. The Morgan fingerprint density at radius 1 is 1.09 bits per heavy atom. The van der Waals surface area contributed by atoms with Gasteiger partial charge in [-0.25, -0.2) is 9.78 Å². The number of hydrogen-bond donors (Lipinski definition) is 2. The van der Waals surface area contributed by atoms with Crippen molar-refractivity contribution in [3.63, 3.8) is 0 Å². The highest BCUT2D eigenvalue weighted by atomic mass is 32.2. The topological polar surface area (TPSA) is 62.2 Å². The molecule has 0 fully saturated rings. The van der Waals surface area contributed by atoms with Gasteiger partial charge in [0.25, 0.3) is 0 Å². The number of nitrogens with one attached hydrogen (secondary N) is 1. The zero-order valence-electron chi connectivity index (χ0n) is 11.2. The number of carboxylic acids is 1. The molecule has 0 saturated carbocycles. The van der Waals surface area contributed by atoms with Crippen molar-refractivity contribution in [2.75, 3.05) is 5.32 Å². The predicted octanol–water partition coefficient (Wildman–Crippen LogP) is 4.72. The van der Waals surface area contributed by atoms with Crippen molar-refractivity contribution in [3.8, 4) is 10.6 Å². The summed E-state index contributed by atoms with van der Waals surface area (Å²) in [5.74, 6) is -0.997. The van der Waals surface area contributed by atoms with Gasteiger partial charge in [0.1, 0.15) is 5.01 Å². The summed E-state index contributed by atoms with van der Waals surface area (Å²) < 4.78 is 0. The van der Waals surface area contributed by atoms with Crippen LogP contribution in [0.15, 0.2) is 57.6 Å². The van der Waals surface area contributed by atoms with Crippen LogP contribution in [0.2, 0.25) is 0 Å². The molecule has 0 bridgehead atoms. The third kappa shape index (κ3) is 2.26. The molecule has 1 aliphatic heterocycles. The SMILES string of the molecule is O=C(O)c1csc(-c2ccc3c(c2)Nc2ccccc2S3)n1. The van der Waals surface area contributed by atoms with E-state index >= 15 is 0 Å². The second-order valence-electron chi connectivity index (χ2n) is 4.78. The highest BCUT2D eigenvalue weighted by molar-refractivity contribution is 7.99. The maximum atomic E-state index is 10.9. The predicted molar refractivity (Wildman–Crippen MR) is 88.4 cm³/mol. The van der Waals surface area contributed by atoms with E-state index in [1.165, 1.54) is 16.2 Å². The second kappa shape index (κ2) is 5.15. The first-order chi connectivity index (χ1) is 10.7. The van der Waals surface area contributed by atoms with Crippen molar-refractivity contribution in [1.29, 1.82) is 0 Å². The molecule has 3 aromatic rings. The smallest absolute Gasteiger partial charge is 0.355 e. The number of thiazole rings is 1. The van der Waals surface area contributed by atoms with Gasteiger partial charge in [-0.1, -0.05) is 30.0 Å². The molecule has 0 radical (unpaired) electrons. The van der Waals surface area contributed by atoms with Gasteiger partial charge in [0.05, 0.1) is 11.4 Å². The number of benzene rings is 2. The monoisotopic (exact) mass is 326 g/mol. The quantitative estimate of drug-likeness (QED) is 0.558. The van der Waals surface area contributed by atoms with E-state index in [0.29, 0.717) is 5.01 Å². The molecule has 0 unspecified atom stereocenters. The number of aromatic carboxylic acids is 1. The lowest BCUT2D eigenvalue weighted by Crippen LogP contribution is -1.99. The van der Waals surface area contributed by atoms with E-state index in [0.717, 1.165) is 21.8 Å². The van der Waals surface area contributed by atoms with Gasteiger partial charge in [0, 0.05) is 20.7 Å².